The number of nitrogens with one attached hydrogen (secondary N) is 1. The number of rotatable bonds is 9. The molecule has 5 nitrogen and oxygen atoms in total. The summed E-state index contributed by atoms with van der Waals surface area (Å²) in [6.07, 6.45) is 0. The molecule has 0 bridgehead atoms. The molecule has 29 heavy (non-hydrogen) atoms. The van der Waals surface area contributed by atoms with E-state index in [4.69, 9.17) is 14.2 Å². The molecular weight excluding hydrogens is 418 g/mol. The Morgan fingerprint density at radius 1 is 1.07 bits per heavy atom. The largest absolute Gasteiger partial charge is 0.493 e. The molecule has 0 unspecified atom stereocenters. The van der Waals surface area contributed by atoms with E-state index in [2.05, 4.69) is 10.2 Å². The monoisotopic (exact) mass is 446 g/mol. The average Bonchev–Trinajstić information content (AvgIpc) is 2.72. The van der Waals surface area contributed by atoms with Crippen LogP contribution in [0, 0.1) is 5.82 Å². The van der Waals surface area contributed by atoms with Crippen LogP contribution in [-0.4, -0.2) is 51.4 Å². The van der Waals surface area contributed by atoms with E-state index in [0.717, 1.165) is 51.5 Å². The number of halogens is 3. The maximum atomic E-state index is 13.7. The summed E-state index contributed by atoms with van der Waals surface area (Å²) in [5.74, 6) is 0.995. The standard InChI is InChI=1S/C21H27FN2O3.2ClH/c1-25-21-14-17(15-23-8-9-24-10-12-26-13-11-24)6-7-20(21)27-16-18-4-2-3-5-19(18)22;;/h2-7,14,23H,8-13,15-16H2,1H3;2*1H. The Bertz CT molecular complexity index is 731. The minimum atomic E-state index is -0.266. The first-order valence-electron chi connectivity index (χ1n) is 9.30. The molecule has 2 aromatic carbocycles. The first-order valence-corrected chi connectivity index (χ1v) is 9.30. The Morgan fingerprint density at radius 3 is 2.55 bits per heavy atom. The topological polar surface area (TPSA) is 43.0 Å². The second-order valence-corrected chi connectivity index (χ2v) is 6.50. The van der Waals surface area contributed by atoms with Gasteiger partial charge in [0, 0.05) is 38.3 Å². The van der Waals surface area contributed by atoms with Crippen LogP contribution < -0.4 is 14.8 Å². The van der Waals surface area contributed by atoms with Crippen LogP contribution in [0.4, 0.5) is 4.39 Å². The summed E-state index contributed by atoms with van der Waals surface area (Å²) < 4.78 is 30.3. The Balaban J connectivity index is 0.00000210. The summed E-state index contributed by atoms with van der Waals surface area (Å²) in [6, 6.07) is 12.4. The maximum Gasteiger partial charge on any atom is 0.161 e. The smallest absolute Gasteiger partial charge is 0.161 e. The van der Waals surface area contributed by atoms with Crippen molar-refractivity contribution in [2.24, 2.45) is 0 Å². The third kappa shape index (κ3) is 7.99. The molecule has 1 N–H and O–H groups in total. The van der Waals surface area contributed by atoms with Gasteiger partial charge in [0.05, 0.1) is 20.3 Å². The number of methoxy groups -OCH3 is 1. The molecule has 0 saturated carbocycles. The predicted octanol–water partition coefficient (Wildman–Crippen LogP) is 3.68. The summed E-state index contributed by atoms with van der Waals surface area (Å²) in [4.78, 5) is 2.40. The highest BCUT2D eigenvalue weighted by atomic mass is 35.5. The Labute approximate surface area is 184 Å². The van der Waals surface area contributed by atoms with Crippen LogP contribution in [0.5, 0.6) is 11.5 Å². The van der Waals surface area contributed by atoms with E-state index in [0.29, 0.717) is 17.1 Å². The molecular formula is C21H29Cl2FN2O3. The summed E-state index contributed by atoms with van der Waals surface area (Å²) in [6.45, 7) is 6.52. The number of ether oxygens (including phenoxy) is 3. The highest BCUT2D eigenvalue weighted by molar-refractivity contribution is 5.85. The molecule has 1 aliphatic heterocycles. The van der Waals surface area contributed by atoms with Crippen LogP contribution in [0.1, 0.15) is 11.1 Å². The van der Waals surface area contributed by atoms with Gasteiger partial charge in [-0.25, -0.2) is 4.39 Å². The lowest BCUT2D eigenvalue weighted by Gasteiger charge is -2.26. The molecule has 1 heterocycles. The fraction of sp³-hybridized carbons (Fsp3) is 0.429. The first kappa shape index (κ1) is 25.5. The fourth-order valence-electron chi connectivity index (χ4n) is 3.01. The third-order valence-electron chi connectivity index (χ3n) is 4.61. The lowest BCUT2D eigenvalue weighted by atomic mass is 10.2. The van der Waals surface area contributed by atoms with Gasteiger partial charge >= 0.3 is 0 Å². The van der Waals surface area contributed by atoms with Crippen LogP contribution in [0.3, 0.4) is 0 Å². The molecule has 3 rings (SSSR count). The van der Waals surface area contributed by atoms with Gasteiger partial charge in [0.2, 0.25) is 0 Å². The second-order valence-electron chi connectivity index (χ2n) is 6.50. The van der Waals surface area contributed by atoms with Crippen LogP contribution in [-0.2, 0) is 17.9 Å². The molecule has 8 heteroatoms. The van der Waals surface area contributed by atoms with Crippen LogP contribution in [0.25, 0.3) is 0 Å². The zero-order valence-corrected chi connectivity index (χ0v) is 18.2. The van der Waals surface area contributed by atoms with E-state index in [1.807, 2.05) is 18.2 Å². The van der Waals surface area contributed by atoms with Gasteiger partial charge in [0.1, 0.15) is 12.4 Å². The average molecular weight is 447 g/mol. The van der Waals surface area contributed by atoms with Crippen LogP contribution in [0.2, 0.25) is 0 Å². The highest BCUT2D eigenvalue weighted by Gasteiger charge is 2.10. The summed E-state index contributed by atoms with van der Waals surface area (Å²) in [5, 5.41) is 3.46. The molecule has 2 aromatic rings. The predicted molar refractivity (Wildman–Crippen MR) is 117 cm³/mol. The number of benzene rings is 2. The van der Waals surface area contributed by atoms with Crippen LogP contribution in [0.15, 0.2) is 42.5 Å². The minimum Gasteiger partial charge on any atom is -0.493 e. The normalized spacial score (nSPS) is 13.9. The van der Waals surface area contributed by atoms with Gasteiger partial charge in [0.15, 0.2) is 11.5 Å². The van der Waals surface area contributed by atoms with Crippen molar-refractivity contribution < 1.29 is 18.6 Å². The van der Waals surface area contributed by atoms with Crippen molar-refractivity contribution in [3.05, 3.63) is 59.4 Å². The number of hydrogen-bond acceptors (Lipinski definition) is 5. The quantitative estimate of drug-likeness (QED) is 0.595. The van der Waals surface area contributed by atoms with Gasteiger partial charge in [-0.05, 0) is 23.8 Å². The summed E-state index contributed by atoms with van der Waals surface area (Å²) >= 11 is 0. The molecule has 0 amide bonds. The Morgan fingerprint density at radius 2 is 1.83 bits per heavy atom. The SMILES string of the molecule is COc1cc(CNCCN2CCOCC2)ccc1OCc1ccccc1F.Cl.Cl. The van der Waals surface area contributed by atoms with Crippen molar-refractivity contribution in [3.8, 4) is 11.5 Å². The minimum absolute atomic E-state index is 0. The van der Waals surface area contributed by atoms with Gasteiger partial charge in [-0.2, -0.15) is 0 Å². The van der Waals surface area contributed by atoms with Gasteiger partial charge < -0.3 is 19.5 Å². The maximum absolute atomic E-state index is 13.7. The van der Waals surface area contributed by atoms with E-state index in [9.17, 15) is 4.39 Å². The van der Waals surface area contributed by atoms with Gasteiger partial charge in [-0.1, -0.05) is 24.3 Å². The van der Waals surface area contributed by atoms with Crippen molar-refractivity contribution >= 4 is 24.8 Å². The van der Waals surface area contributed by atoms with Gasteiger partial charge in [-0.15, -0.1) is 24.8 Å². The second kappa shape index (κ2) is 13.6. The van der Waals surface area contributed by atoms with Gasteiger partial charge in [-0.3, -0.25) is 4.90 Å². The van der Waals surface area contributed by atoms with Crippen molar-refractivity contribution in [1.82, 2.24) is 10.2 Å². The fourth-order valence-corrected chi connectivity index (χ4v) is 3.01. The van der Waals surface area contributed by atoms with E-state index >= 15 is 0 Å². The lowest BCUT2D eigenvalue weighted by molar-refractivity contribution is 0.0384. The first-order chi connectivity index (χ1) is 13.3. The zero-order valence-electron chi connectivity index (χ0n) is 16.6. The molecule has 1 saturated heterocycles. The van der Waals surface area contributed by atoms with E-state index in [1.54, 1.807) is 25.3 Å². The molecule has 0 atom stereocenters. The van der Waals surface area contributed by atoms with Crippen molar-refractivity contribution in [2.75, 3.05) is 46.5 Å². The number of hydrogen-bond donors (Lipinski definition) is 1. The van der Waals surface area contributed by atoms with E-state index in [1.165, 1.54) is 6.07 Å². The number of morpholine rings is 1. The van der Waals surface area contributed by atoms with Gasteiger partial charge in [0.25, 0.3) is 0 Å². The molecule has 0 aliphatic carbocycles. The molecule has 0 aromatic heterocycles. The van der Waals surface area contributed by atoms with Crippen molar-refractivity contribution in [3.63, 3.8) is 0 Å². The third-order valence-corrected chi connectivity index (χ3v) is 4.61. The lowest BCUT2D eigenvalue weighted by Crippen LogP contribution is -2.40. The molecule has 0 radical (unpaired) electrons. The van der Waals surface area contributed by atoms with Crippen molar-refractivity contribution in [1.29, 1.82) is 0 Å². The Kier molecular flexibility index (Phi) is 12.0. The number of nitrogens with zero attached hydrogens (tertiary/aromatic N) is 1. The van der Waals surface area contributed by atoms with Crippen molar-refractivity contribution in [2.45, 2.75) is 13.2 Å². The van der Waals surface area contributed by atoms with E-state index in [-0.39, 0.29) is 37.2 Å². The molecule has 1 fully saturated rings. The summed E-state index contributed by atoms with van der Waals surface area (Å²) in [5.41, 5.74) is 1.64. The molecule has 162 valence electrons. The molecule has 0 spiro atoms. The zero-order chi connectivity index (χ0) is 18.9. The molecule has 1 aliphatic rings. The summed E-state index contributed by atoms with van der Waals surface area (Å²) in [7, 11) is 1.61. The van der Waals surface area contributed by atoms with Crippen LogP contribution >= 0.6 is 24.8 Å². The van der Waals surface area contributed by atoms with E-state index < -0.39 is 0 Å². The Hall–Kier alpha value is -1.57. The highest BCUT2D eigenvalue weighted by Crippen LogP contribution is 2.29.